The van der Waals surface area contributed by atoms with Crippen molar-refractivity contribution in [1.29, 1.82) is 0 Å². The van der Waals surface area contributed by atoms with Gasteiger partial charge in [-0.25, -0.2) is 9.78 Å². The number of aromatic nitrogens is 2. The van der Waals surface area contributed by atoms with Crippen LogP contribution in [-0.4, -0.2) is 45.2 Å². The van der Waals surface area contributed by atoms with Gasteiger partial charge in [-0.1, -0.05) is 20.3 Å². The lowest BCUT2D eigenvalue weighted by atomic mass is 10.1. The molecule has 2 aromatic heterocycles. The highest BCUT2D eigenvalue weighted by Crippen LogP contribution is 2.24. The Morgan fingerprint density at radius 1 is 1.29 bits per heavy atom. The molecule has 0 unspecified atom stereocenters. The predicted molar refractivity (Wildman–Crippen MR) is 95.2 cm³/mol. The van der Waals surface area contributed by atoms with Crippen molar-refractivity contribution in [3.05, 3.63) is 27.1 Å². The maximum Gasteiger partial charge on any atom is 0.337 e. The topological polar surface area (TPSA) is 75.4 Å². The highest BCUT2D eigenvalue weighted by molar-refractivity contribution is 7.17. The molecule has 0 aliphatic carbocycles. The van der Waals surface area contributed by atoms with E-state index < -0.39 is 5.97 Å². The lowest BCUT2D eigenvalue weighted by molar-refractivity contribution is 0.0699. The number of hydrogen-bond acceptors (Lipinski definition) is 5. The Morgan fingerprint density at radius 2 is 2.00 bits per heavy atom. The van der Waals surface area contributed by atoms with Crippen LogP contribution >= 0.6 is 11.3 Å². The van der Waals surface area contributed by atoms with Gasteiger partial charge in [0, 0.05) is 24.4 Å². The molecule has 0 amide bonds. The van der Waals surface area contributed by atoms with E-state index in [0.29, 0.717) is 11.4 Å². The van der Waals surface area contributed by atoms with E-state index in [1.807, 2.05) is 13.8 Å². The largest absolute Gasteiger partial charge is 0.478 e. The van der Waals surface area contributed by atoms with E-state index in [2.05, 4.69) is 9.88 Å². The number of carbonyl (C=O) groups is 1. The Hall–Kier alpha value is -1.73. The number of rotatable bonds is 5. The second-order valence-electron chi connectivity index (χ2n) is 6.62. The van der Waals surface area contributed by atoms with Crippen molar-refractivity contribution in [2.45, 2.75) is 45.6 Å². The van der Waals surface area contributed by atoms with Crippen LogP contribution in [0.1, 0.15) is 55.2 Å². The molecule has 1 aliphatic heterocycles. The number of nitrogens with zero attached hydrogens (tertiary/aromatic N) is 3. The standard InChI is InChI=1S/C17H23N3O3S/c1-11(2)14-18-15-13(12(10-24-15)17(22)23)16(21)20(14)9-8-19-6-4-3-5-7-19/h10-11H,3-9H2,1-2H3,(H,22,23). The molecule has 7 heteroatoms. The molecule has 0 radical (unpaired) electrons. The Kier molecular flexibility index (Phi) is 5.01. The third-order valence-electron chi connectivity index (χ3n) is 4.56. The molecule has 130 valence electrons. The SMILES string of the molecule is CC(C)c1nc2scc(C(=O)O)c2c(=O)n1CCN1CCCCC1. The number of piperidine rings is 1. The second kappa shape index (κ2) is 7.03. The molecule has 0 aromatic carbocycles. The Balaban J connectivity index is 2.01. The first-order valence-corrected chi connectivity index (χ1v) is 9.34. The summed E-state index contributed by atoms with van der Waals surface area (Å²) < 4.78 is 1.68. The number of carboxylic acids is 1. The molecule has 3 rings (SSSR count). The fourth-order valence-electron chi connectivity index (χ4n) is 3.28. The molecule has 24 heavy (non-hydrogen) atoms. The average Bonchev–Trinajstić information content (AvgIpc) is 2.99. The zero-order valence-electron chi connectivity index (χ0n) is 14.1. The van der Waals surface area contributed by atoms with Crippen LogP contribution in [0.4, 0.5) is 0 Å². The van der Waals surface area contributed by atoms with Crippen LogP contribution < -0.4 is 5.56 Å². The lowest BCUT2D eigenvalue weighted by Gasteiger charge is -2.27. The maximum absolute atomic E-state index is 13.0. The normalized spacial score (nSPS) is 16.1. The van der Waals surface area contributed by atoms with Gasteiger partial charge in [-0.15, -0.1) is 11.3 Å². The molecular formula is C17H23N3O3S. The number of hydrogen-bond donors (Lipinski definition) is 1. The first kappa shape index (κ1) is 17.1. The van der Waals surface area contributed by atoms with Gasteiger partial charge in [0.15, 0.2) is 0 Å². The number of aromatic carboxylic acids is 1. The van der Waals surface area contributed by atoms with Gasteiger partial charge in [0.2, 0.25) is 0 Å². The number of carboxylic acid groups (broad SMARTS) is 1. The minimum atomic E-state index is -1.07. The molecule has 6 nitrogen and oxygen atoms in total. The van der Waals surface area contributed by atoms with Crippen LogP contribution in [0.25, 0.3) is 10.2 Å². The zero-order valence-corrected chi connectivity index (χ0v) is 14.9. The van der Waals surface area contributed by atoms with Gasteiger partial charge in [0.25, 0.3) is 5.56 Å². The minimum absolute atomic E-state index is 0.0644. The molecule has 0 spiro atoms. The van der Waals surface area contributed by atoms with E-state index in [4.69, 9.17) is 0 Å². The summed E-state index contributed by atoms with van der Waals surface area (Å²) in [5, 5.41) is 11.1. The summed E-state index contributed by atoms with van der Waals surface area (Å²) in [5.74, 6) is -0.220. The van der Waals surface area contributed by atoms with Gasteiger partial charge in [0.1, 0.15) is 10.7 Å². The van der Waals surface area contributed by atoms with Crippen LogP contribution in [0, 0.1) is 0 Å². The van der Waals surface area contributed by atoms with Crippen LogP contribution in [0.5, 0.6) is 0 Å². The van der Waals surface area contributed by atoms with Gasteiger partial charge in [0.05, 0.1) is 10.9 Å². The Labute approximate surface area is 144 Å². The molecule has 1 saturated heterocycles. The molecular weight excluding hydrogens is 326 g/mol. The van der Waals surface area contributed by atoms with E-state index >= 15 is 0 Å². The molecule has 0 bridgehead atoms. The van der Waals surface area contributed by atoms with E-state index in [1.54, 1.807) is 4.57 Å². The van der Waals surface area contributed by atoms with Gasteiger partial charge in [-0.2, -0.15) is 0 Å². The smallest absolute Gasteiger partial charge is 0.337 e. The summed E-state index contributed by atoms with van der Waals surface area (Å²) in [7, 11) is 0. The fourth-order valence-corrected chi connectivity index (χ4v) is 4.19. The molecule has 1 aliphatic rings. The number of fused-ring (bicyclic) bond motifs is 1. The average molecular weight is 349 g/mol. The fraction of sp³-hybridized carbons (Fsp3) is 0.588. The summed E-state index contributed by atoms with van der Waals surface area (Å²) in [4.78, 5) is 31.8. The Morgan fingerprint density at radius 3 is 2.62 bits per heavy atom. The first-order chi connectivity index (χ1) is 11.5. The van der Waals surface area contributed by atoms with Crippen molar-refractivity contribution < 1.29 is 9.90 Å². The Bertz CT molecular complexity index is 803. The highest BCUT2D eigenvalue weighted by atomic mass is 32.1. The van der Waals surface area contributed by atoms with E-state index in [-0.39, 0.29) is 22.4 Å². The summed E-state index contributed by atoms with van der Waals surface area (Å²) in [5.41, 5.74) is -0.158. The van der Waals surface area contributed by atoms with Gasteiger partial charge >= 0.3 is 5.97 Å². The van der Waals surface area contributed by atoms with Gasteiger partial charge in [-0.05, 0) is 25.9 Å². The van der Waals surface area contributed by atoms with E-state index in [9.17, 15) is 14.7 Å². The van der Waals surface area contributed by atoms with Crippen molar-refractivity contribution >= 4 is 27.5 Å². The van der Waals surface area contributed by atoms with Gasteiger partial charge in [-0.3, -0.25) is 9.36 Å². The monoisotopic (exact) mass is 349 g/mol. The van der Waals surface area contributed by atoms with Crippen molar-refractivity contribution in [2.24, 2.45) is 0 Å². The first-order valence-electron chi connectivity index (χ1n) is 8.46. The summed E-state index contributed by atoms with van der Waals surface area (Å²) in [6.45, 7) is 7.53. The van der Waals surface area contributed by atoms with Crippen LogP contribution in [0.15, 0.2) is 10.2 Å². The predicted octanol–water partition coefficient (Wildman–Crippen LogP) is 2.77. The molecule has 0 saturated carbocycles. The quantitative estimate of drug-likeness (QED) is 0.898. The molecule has 1 fully saturated rings. The number of likely N-dealkylation sites (tertiary alicyclic amines) is 1. The van der Waals surface area contributed by atoms with E-state index in [1.165, 1.54) is 36.0 Å². The third kappa shape index (κ3) is 3.23. The van der Waals surface area contributed by atoms with Crippen LogP contribution in [-0.2, 0) is 6.54 Å². The molecule has 0 atom stereocenters. The number of thiophene rings is 1. The highest BCUT2D eigenvalue weighted by Gasteiger charge is 2.21. The molecule has 2 aromatic rings. The van der Waals surface area contributed by atoms with Crippen LogP contribution in [0.2, 0.25) is 0 Å². The molecule has 3 heterocycles. The minimum Gasteiger partial charge on any atom is -0.478 e. The third-order valence-corrected chi connectivity index (χ3v) is 5.43. The second-order valence-corrected chi connectivity index (χ2v) is 7.48. The van der Waals surface area contributed by atoms with Crippen molar-refractivity contribution in [2.75, 3.05) is 19.6 Å². The zero-order chi connectivity index (χ0) is 17.3. The summed E-state index contributed by atoms with van der Waals surface area (Å²) in [6.07, 6.45) is 3.69. The van der Waals surface area contributed by atoms with Gasteiger partial charge < -0.3 is 10.0 Å². The van der Waals surface area contributed by atoms with Crippen molar-refractivity contribution in [3.63, 3.8) is 0 Å². The summed E-state index contributed by atoms with van der Waals surface area (Å²) >= 11 is 1.23. The molecule has 1 N–H and O–H groups in total. The maximum atomic E-state index is 13.0. The summed E-state index contributed by atoms with van der Waals surface area (Å²) in [6, 6.07) is 0. The lowest BCUT2D eigenvalue weighted by Crippen LogP contribution is -2.36. The van der Waals surface area contributed by atoms with Crippen molar-refractivity contribution in [3.8, 4) is 0 Å². The van der Waals surface area contributed by atoms with Crippen molar-refractivity contribution in [1.82, 2.24) is 14.5 Å². The van der Waals surface area contributed by atoms with E-state index in [0.717, 1.165) is 25.5 Å². The van der Waals surface area contributed by atoms with Crippen LogP contribution in [0.3, 0.4) is 0 Å².